The van der Waals surface area contributed by atoms with Gasteiger partial charge in [-0.25, -0.2) is 0 Å². The van der Waals surface area contributed by atoms with Crippen molar-refractivity contribution in [2.75, 3.05) is 0 Å². The van der Waals surface area contributed by atoms with Crippen LogP contribution in [0.3, 0.4) is 0 Å². The third kappa shape index (κ3) is 1.79. The smallest absolute Gasteiger partial charge is 0.161 e. The van der Waals surface area contributed by atoms with E-state index in [2.05, 4.69) is 35.8 Å². The van der Waals surface area contributed by atoms with Gasteiger partial charge in [-0.2, -0.15) is 0 Å². The number of rotatable bonds is 2. The second-order valence-corrected chi connectivity index (χ2v) is 4.70. The Morgan fingerprint density at radius 2 is 2.00 bits per heavy atom. The topological polar surface area (TPSA) is 4.93 Å². The van der Waals surface area contributed by atoms with Crippen LogP contribution in [0, 0.1) is 3.95 Å². The molecule has 0 radical (unpaired) electrons. The normalized spacial score (nSPS) is 12.6. The molecule has 0 fully saturated rings. The van der Waals surface area contributed by atoms with E-state index in [1.807, 2.05) is 17.6 Å². The van der Waals surface area contributed by atoms with Gasteiger partial charge >= 0.3 is 0 Å². The van der Waals surface area contributed by atoms with Crippen molar-refractivity contribution in [1.82, 2.24) is 4.57 Å². The van der Waals surface area contributed by atoms with Crippen molar-refractivity contribution in [2.45, 2.75) is 13.0 Å². The second kappa shape index (κ2) is 4.07. The average molecular weight is 221 g/mol. The van der Waals surface area contributed by atoms with Crippen molar-refractivity contribution in [3.63, 3.8) is 0 Å². The Kier molecular flexibility index (Phi) is 2.79. The third-order valence-electron chi connectivity index (χ3n) is 2.30. The largest absolute Gasteiger partial charge is 0.323 e. The van der Waals surface area contributed by atoms with Crippen LogP contribution in [0.1, 0.15) is 18.5 Å². The Hall–Kier alpha value is -0.930. The summed E-state index contributed by atoms with van der Waals surface area (Å²) in [5.74, 6) is 0. The summed E-state index contributed by atoms with van der Waals surface area (Å²) in [5.41, 5.74) is 1.29. The lowest BCUT2D eigenvalue weighted by atomic mass is 10.1. The first-order chi connectivity index (χ1) is 6.79. The lowest BCUT2D eigenvalue weighted by molar-refractivity contribution is 0.639. The maximum atomic E-state index is 5.24. The van der Waals surface area contributed by atoms with E-state index in [9.17, 15) is 0 Å². The number of hydrogen-bond donors (Lipinski definition) is 0. The highest BCUT2D eigenvalue weighted by Gasteiger charge is 2.06. The van der Waals surface area contributed by atoms with Crippen molar-refractivity contribution < 1.29 is 0 Å². The van der Waals surface area contributed by atoms with Crippen molar-refractivity contribution in [3.05, 3.63) is 51.4 Å². The van der Waals surface area contributed by atoms with Gasteiger partial charge < -0.3 is 4.57 Å². The highest BCUT2D eigenvalue weighted by molar-refractivity contribution is 7.73. The van der Waals surface area contributed by atoms with Crippen molar-refractivity contribution >= 4 is 23.6 Å². The summed E-state index contributed by atoms with van der Waals surface area (Å²) in [4.78, 5) is 0. The number of benzene rings is 1. The van der Waals surface area contributed by atoms with E-state index in [-0.39, 0.29) is 0 Å². The van der Waals surface area contributed by atoms with Crippen molar-refractivity contribution in [1.29, 1.82) is 0 Å². The lowest BCUT2D eigenvalue weighted by Gasteiger charge is -2.13. The van der Waals surface area contributed by atoms with Gasteiger partial charge in [0.2, 0.25) is 0 Å². The molecule has 1 heterocycles. The molecule has 1 atom stereocenters. The third-order valence-corrected chi connectivity index (χ3v) is 3.47. The summed E-state index contributed by atoms with van der Waals surface area (Å²) in [6.45, 7) is 2.16. The number of hydrogen-bond acceptors (Lipinski definition) is 2. The van der Waals surface area contributed by atoms with Gasteiger partial charge in [0.05, 0.1) is 6.04 Å². The van der Waals surface area contributed by atoms with Crippen LogP contribution in [0.5, 0.6) is 0 Å². The Labute approximate surface area is 92.6 Å². The molecule has 2 rings (SSSR count). The highest BCUT2D eigenvalue weighted by atomic mass is 32.1. The summed E-state index contributed by atoms with van der Waals surface area (Å²) in [6.07, 6.45) is 2.05. The molecule has 0 amide bonds. The maximum absolute atomic E-state index is 5.24. The van der Waals surface area contributed by atoms with Gasteiger partial charge in [0.25, 0.3) is 0 Å². The fourth-order valence-corrected chi connectivity index (χ4v) is 2.49. The number of nitrogens with zero attached hydrogens (tertiary/aromatic N) is 1. The fourth-order valence-electron chi connectivity index (χ4n) is 1.46. The van der Waals surface area contributed by atoms with Crippen molar-refractivity contribution in [3.8, 4) is 0 Å². The first kappa shape index (κ1) is 9.62. The van der Waals surface area contributed by atoms with Crippen LogP contribution < -0.4 is 0 Å². The molecule has 1 aromatic carbocycles. The monoisotopic (exact) mass is 221 g/mol. The van der Waals surface area contributed by atoms with E-state index in [4.69, 9.17) is 12.2 Å². The van der Waals surface area contributed by atoms with Gasteiger partial charge in [-0.3, -0.25) is 0 Å². The molecule has 0 spiro atoms. The van der Waals surface area contributed by atoms with E-state index in [1.165, 1.54) is 5.56 Å². The van der Waals surface area contributed by atoms with Gasteiger partial charge in [-0.15, -0.1) is 11.3 Å². The molecule has 0 aliphatic carbocycles. The Morgan fingerprint density at radius 1 is 1.29 bits per heavy atom. The van der Waals surface area contributed by atoms with Crippen LogP contribution in [-0.4, -0.2) is 4.57 Å². The van der Waals surface area contributed by atoms with Gasteiger partial charge in [0, 0.05) is 11.6 Å². The molecular formula is C11H11NS2. The first-order valence-corrected chi connectivity index (χ1v) is 5.78. The molecule has 0 aliphatic heterocycles. The Balaban J connectivity index is 2.39. The number of thiazole rings is 1. The van der Waals surface area contributed by atoms with Gasteiger partial charge in [0.1, 0.15) is 0 Å². The Morgan fingerprint density at radius 3 is 2.57 bits per heavy atom. The summed E-state index contributed by atoms with van der Waals surface area (Å²) in [5, 5.41) is 2.03. The molecule has 14 heavy (non-hydrogen) atoms. The summed E-state index contributed by atoms with van der Waals surface area (Å²) in [6, 6.07) is 10.7. The van der Waals surface area contributed by atoms with E-state index in [1.54, 1.807) is 11.3 Å². The predicted molar refractivity (Wildman–Crippen MR) is 63.4 cm³/mol. The van der Waals surface area contributed by atoms with Crippen LogP contribution >= 0.6 is 23.6 Å². The molecule has 0 saturated carbocycles. The molecular weight excluding hydrogens is 210 g/mol. The zero-order valence-electron chi connectivity index (χ0n) is 7.88. The minimum Gasteiger partial charge on any atom is -0.323 e. The lowest BCUT2D eigenvalue weighted by Crippen LogP contribution is -2.04. The Bertz CT molecular complexity index is 455. The zero-order valence-corrected chi connectivity index (χ0v) is 9.52. The molecule has 72 valence electrons. The van der Waals surface area contributed by atoms with Crippen LogP contribution in [0.2, 0.25) is 0 Å². The highest BCUT2D eigenvalue weighted by Crippen LogP contribution is 2.19. The molecule has 1 aromatic heterocycles. The summed E-state index contributed by atoms with van der Waals surface area (Å²) in [7, 11) is 0. The second-order valence-electron chi connectivity index (χ2n) is 3.16. The molecule has 0 bridgehead atoms. The quantitative estimate of drug-likeness (QED) is 0.696. The SMILES string of the molecule is CC(c1ccccc1)n1ccsc1=S. The molecule has 0 saturated heterocycles. The standard InChI is InChI=1S/C11H11NS2/c1-9(10-5-3-2-4-6-10)12-7-8-14-11(12)13/h2-9H,1H3. The van der Waals surface area contributed by atoms with E-state index in [0.29, 0.717) is 6.04 Å². The van der Waals surface area contributed by atoms with Crippen LogP contribution in [0.15, 0.2) is 41.9 Å². The van der Waals surface area contributed by atoms with Crippen LogP contribution in [-0.2, 0) is 0 Å². The van der Waals surface area contributed by atoms with Gasteiger partial charge in [-0.05, 0) is 24.7 Å². The average Bonchev–Trinajstić information content (AvgIpc) is 2.65. The zero-order chi connectivity index (χ0) is 9.97. The molecule has 2 aromatic rings. The van der Waals surface area contributed by atoms with Crippen LogP contribution in [0.4, 0.5) is 0 Å². The molecule has 0 aliphatic rings. The van der Waals surface area contributed by atoms with Gasteiger partial charge in [-0.1, -0.05) is 30.3 Å². The summed E-state index contributed by atoms with van der Waals surface area (Å²) >= 11 is 6.85. The van der Waals surface area contributed by atoms with Crippen LogP contribution in [0.25, 0.3) is 0 Å². The molecule has 1 unspecified atom stereocenters. The van der Waals surface area contributed by atoms with E-state index in [0.717, 1.165) is 3.95 Å². The fraction of sp³-hybridized carbons (Fsp3) is 0.182. The predicted octanol–water partition coefficient (Wildman–Crippen LogP) is 3.89. The van der Waals surface area contributed by atoms with Crippen molar-refractivity contribution in [2.24, 2.45) is 0 Å². The van der Waals surface area contributed by atoms with Gasteiger partial charge in [0.15, 0.2) is 3.95 Å². The maximum Gasteiger partial charge on any atom is 0.161 e. The minimum atomic E-state index is 0.329. The molecule has 0 N–H and O–H groups in total. The first-order valence-electron chi connectivity index (χ1n) is 4.49. The van der Waals surface area contributed by atoms with E-state index < -0.39 is 0 Å². The number of aromatic nitrogens is 1. The van der Waals surface area contributed by atoms with E-state index >= 15 is 0 Å². The minimum absolute atomic E-state index is 0.329. The molecule has 1 nitrogen and oxygen atoms in total. The molecule has 3 heteroatoms. The summed E-state index contributed by atoms with van der Waals surface area (Å²) < 4.78 is 3.05.